The fourth-order valence-electron chi connectivity index (χ4n) is 8.37. The highest BCUT2D eigenvalue weighted by molar-refractivity contribution is 7.46. The lowest BCUT2D eigenvalue weighted by Crippen LogP contribution is -2.44. The maximum Gasteiger partial charge on any atom is 0.339 e. The Morgan fingerprint density at radius 2 is 1.65 bits per heavy atom. The van der Waals surface area contributed by atoms with Crippen molar-refractivity contribution in [1.29, 1.82) is 0 Å². The van der Waals surface area contributed by atoms with Gasteiger partial charge >= 0.3 is 11.4 Å². The number of morpholine rings is 1. The molecule has 4 aliphatic heterocycles. The summed E-state index contributed by atoms with van der Waals surface area (Å²) in [5.41, 5.74) is -0.622. The number of rotatable bonds is 10. The molecule has 4 N–H and O–H groups in total. The molecule has 2 unspecified atom stereocenters. The average molecular weight is 994 g/mol. The number of carbonyl (C=O) groups excluding carboxylic acids is 5. The van der Waals surface area contributed by atoms with Gasteiger partial charge in [-0.3, -0.25) is 43.3 Å². The molecule has 9 rings (SSSR count). The number of amides is 5. The van der Waals surface area contributed by atoms with Crippen LogP contribution in [-0.2, 0) is 43.2 Å². The van der Waals surface area contributed by atoms with Crippen molar-refractivity contribution in [1.82, 2.24) is 34.5 Å². The second-order valence-electron chi connectivity index (χ2n) is 18.4. The normalized spacial score (nSPS) is 18.7. The molecule has 5 amide bonds. The van der Waals surface area contributed by atoms with Crippen LogP contribution < -0.4 is 16.3 Å². The molecule has 6 heterocycles. The zero-order valence-corrected chi connectivity index (χ0v) is 41.3. The largest absolute Gasteiger partial charge is 0.370 e. The summed E-state index contributed by atoms with van der Waals surface area (Å²) >= 11 is 1.12. The summed E-state index contributed by atoms with van der Waals surface area (Å²) in [5, 5.41) is 5.29. The number of thiophene rings is 1. The Morgan fingerprint density at radius 1 is 0.957 bits per heavy atom. The molecule has 0 radical (unpaired) electrons. The molecule has 4 aliphatic rings. The summed E-state index contributed by atoms with van der Waals surface area (Å²) in [4.78, 5) is 95.0. The molecule has 69 heavy (non-hydrogen) atoms. The van der Waals surface area contributed by atoms with E-state index in [1.807, 2.05) is 48.5 Å². The van der Waals surface area contributed by atoms with E-state index in [0.717, 1.165) is 96.4 Å². The Morgan fingerprint density at radius 3 is 2.29 bits per heavy atom. The molecule has 372 valence electrons. The molecule has 0 spiro atoms. The number of ether oxygens (including phenoxy) is 1. The molecule has 5 aromatic rings. The maximum atomic E-state index is 13.7. The maximum absolute atomic E-state index is 13.7. The van der Waals surface area contributed by atoms with E-state index in [1.165, 1.54) is 16.7 Å². The molecule has 3 aromatic carbocycles. The smallest absolute Gasteiger partial charge is 0.339 e. The summed E-state index contributed by atoms with van der Waals surface area (Å²) in [6.45, 7) is 15.1. The standard InChI is InChI=1S/C18H22N4O3.C16H17F2N2O4PS.C11H13NO2.C4H10/c1-11-8-21(9-11)10-12-3-4-13-15(7-12)20(2)18(25)22(13)14-5-6-16(23)19-17(14)24;17-16(18,25(23)24)11-3-4-12-10(7-11)8-13(26-12)15(22)19-9-14(21)20-5-1-2-6-20;13-9-12-6-7-14-11(8-12)10-4-2-1-3-5-10;1-4(2)3/h3-4,7,11,14H,5-6,8-10H2,1-2H3,(H,19,23,24);3-4,7-8,23-24H,1-2,5-6,9H2,(H,19,22);1-5,9,11H,6-8H2;4H,1-3H3. The summed E-state index contributed by atoms with van der Waals surface area (Å²) in [5.74, 6) is 0.323. The molecule has 0 aliphatic carbocycles. The first kappa shape index (κ1) is 52.9. The molecule has 2 atom stereocenters. The van der Waals surface area contributed by atoms with Crippen LogP contribution in [0.25, 0.3) is 21.1 Å². The van der Waals surface area contributed by atoms with Gasteiger partial charge in [-0.1, -0.05) is 70.2 Å². The predicted octanol–water partition coefficient (Wildman–Crippen LogP) is 6.25. The Bertz CT molecular complexity index is 2640. The fraction of sp³-hybridized carbons (Fsp3) is 0.469. The number of imidazole rings is 1. The first-order chi connectivity index (χ1) is 32.9. The van der Waals surface area contributed by atoms with Crippen LogP contribution in [-0.4, -0.2) is 116 Å². The van der Waals surface area contributed by atoms with E-state index in [-0.39, 0.29) is 36.6 Å². The van der Waals surface area contributed by atoms with Crippen LogP contribution in [0.15, 0.2) is 77.6 Å². The van der Waals surface area contributed by atoms with Gasteiger partial charge in [0, 0.05) is 63.0 Å². The third-order valence-corrected chi connectivity index (χ3v) is 13.7. The zero-order valence-electron chi connectivity index (χ0n) is 39.6. The molecule has 0 saturated carbocycles. The van der Waals surface area contributed by atoms with Crippen LogP contribution in [0, 0.1) is 11.8 Å². The van der Waals surface area contributed by atoms with E-state index >= 15 is 0 Å². The number of hydrogen-bond donors (Lipinski definition) is 4. The predicted molar refractivity (Wildman–Crippen MR) is 262 cm³/mol. The van der Waals surface area contributed by atoms with Crippen molar-refractivity contribution in [3.8, 4) is 0 Å². The molecule has 20 heteroatoms. The number of piperidine rings is 1. The molecule has 4 fully saturated rings. The van der Waals surface area contributed by atoms with E-state index in [0.29, 0.717) is 54.2 Å². The van der Waals surface area contributed by atoms with Crippen LogP contribution in [0.4, 0.5) is 8.78 Å². The van der Waals surface area contributed by atoms with Crippen molar-refractivity contribution >= 4 is 70.9 Å². The highest BCUT2D eigenvalue weighted by Crippen LogP contribution is 2.53. The van der Waals surface area contributed by atoms with Gasteiger partial charge in [0.25, 0.3) is 5.91 Å². The second-order valence-corrected chi connectivity index (χ2v) is 20.6. The van der Waals surface area contributed by atoms with Crippen LogP contribution in [0.5, 0.6) is 0 Å². The lowest BCUT2D eigenvalue weighted by atomic mass is 10.0. The lowest BCUT2D eigenvalue weighted by molar-refractivity contribution is -0.136. The fourth-order valence-corrected chi connectivity index (χ4v) is 9.70. The topological polar surface area (TPSA) is 196 Å². The van der Waals surface area contributed by atoms with Crippen molar-refractivity contribution in [3.63, 3.8) is 0 Å². The number of benzene rings is 3. The number of halogens is 2. The van der Waals surface area contributed by atoms with E-state index in [2.05, 4.69) is 43.2 Å². The van der Waals surface area contributed by atoms with Crippen molar-refractivity contribution in [2.75, 3.05) is 52.4 Å². The van der Waals surface area contributed by atoms with Gasteiger partial charge in [0.15, 0.2) is 0 Å². The summed E-state index contributed by atoms with van der Waals surface area (Å²) < 4.78 is 36.8. The molecule has 0 bridgehead atoms. The van der Waals surface area contributed by atoms with Crippen molar-refractivity contribution in [2.24, 2.45) is 18.9 Å². The number of carbonyl (C=O) groups is 5. The van der Waals surface area contributed by atoms with Gasteiger partial charge in [0.05, 0.1) is 35.6 Å². The number of hydrogen-bond acceptors (Lipinski definition) is 11. The van der Waals surface area contributed by atoms with Gasteiger partial charge < -0.3 is 29.6 Å². The molecular formula is C49H62F2N7O9PS. The summed E-state index contributed by atoms with van der Waals surface area (Å²) in [6, 6.07) is 20.4. The average Bonchev–Trinajstić information content (AvgIpc) is 4.07. The zero-order chi connectivity index (χ0) is 50.0. The second kappa shape index (κ2) is 23.9. The van der Waals surface area contributed by atoms with E-state index in [4.69, 9.17) is 14.5 Å². The highest BCUT2D eigenvalue weighted by atomic mass is 32.1. The molecular weight excluding hydrogens is 932 g/mol. The number of alkyl halides is 2. The number of nitrogens with one attached hydrogen (secondary N) is 2. The minimum absolute atomic E-state index is 0.0372. The Kier molecular flexibility index (Phi) is 18.4. The monoisotopic (exact) mass is 993 g/mol. The van der Waals surface area contributed by atoms with E-state index in [9.17, 15) is 37.5 Å². The first-order valence-corrected chi connectivity index (χ1v) is 25.2. The van der Waals surface area contributed by atoms with E-state index in [1.54, 1.807) is 21.4 Å². The highest BCUT2D eigenvalue weighted by Gasteiger charge is 2.41. The van der Waals surface area contributed by atoms with Gasteiger partial charge in [0.2, 0.25) is 32.5 Å². The van der Waals surface area contributed by atoms with Gasteiger partial charge in [-0.25, -0.2) is 4.79 Å². The quantitative estimate of drug-likeness (QED) is 0.0706. The molecule has 16 nitrogen and oxygen atoms in total. The minimum atomic E-state index is -3.74. The number of fused-ring (bicyclic) bond motifs is 2. The SMILES string of the molecule is CC(C)C.CC1CN(Cc2ccc3c(c2)n(C)c(=O)n3C2CCC(=O)NC2=O)C1.O=C(NCC(=O)N1CCCC1)c1cc2cc(C(F)(F)P(O)O)ccc2s1.O=CN1CCOC(c2ccccc2)C1. The van der Waals surface area contributed by atoms with Gasteiger partial charge in [-0.2, -0.15) is 8.78 Å². The van der Waals surface area contributed by atoms with Crippen molar-refractivity contribution in [3.05, 3.63) is 105 Å². The first-order valence-electron chi connectivity index (χ1n) is 23.1. The third-order valence-electron chi connectivity index (χ3n) is 11.8. The molecule has 2 aromatic heterocycles. The van der Waals surface area contributed by atoms with Crippen LogP contribution in [0.3, 0.4) is 0 Å². The summed E-state index contributed by atoms with van der Waals surface area (Å²) in [6.07, 6.45) is 3.47. The Balaban J connectivity index is 0.000000170. The van der Waals surface area contributed by atoms with Crippen LogP contribution in [0.2, 0.25) is 0 Å². The number of likely N-dealkylation sites (tertiary alicyclic amines) is 2. The Labute approximate surface area is 405 Å². The third kappa shape index (κ3) is 13.7. The Hall–Kier alpha value is -5.43. The van der Waals surface area contributed by atoms with Crippen LogP contribution in [0.1, 0.15) is 91.9 Å². The van der Waals surface area contributed by atoms with Crippen molar-refractivity contribution in [2.45, 2.75) is 77.7 Å². The number of imide groups is 1. The van der Waals surface area contributed by atoms with Gasteiger partial charge in [-0.15, -0.1) is 11.3 Å². The lowest BCUT2D eigenvalue weighted by Gasteiger charge is -2.37. The van der Waals surface area contributed by atoms with Gasteiger partial charge in [-0.05, 0) is 77.9 Å². The summed E-state index contributed by atoms with van der Waals surface area (Å²) in [7, 11) is -1.73. The van der Waals surface area contributed by atoms with Gasteiger partial charge in [0.1, 0.15) is 12.1 Å². The number of nitrogens with zero attached hydrogens (tertiary/aromatic N) is 5. The van der Waals surface area contributed by atoms with E-state index < -0.39 is 37.5 Å². The number of aryl methyl sites for hydroxylation is 1. The minimum Gasteiger partial charge on any atom is -0.370 e. The van der Waals surface area contributed by atoms with Crippen molar-refractivity contribution < 1.29 is 47.3 Å². The number of aromatic nitrogens is 2. The van der Waals surface area contributed by atoms with Crippen LogP contribution >= 0.6 is 19.7 Å². The molecule has 4 saturated heterocycles.